The van der Waals surface area contributed by atoms with Gasteiger partial charge in [0.15, 0.2) is 0 Å². The molecule has 1 N–H and O–H groups in total. The van der Waals surface area contributed by atoms with Gasteiger partial charge in [-0.2, -0.15) is 0 Å². The molecule has 2 aromatic rings. The standard InChI is InChI=1S/C19H25N3O2/c1-4-22(5-2)18(15-9-8-10-16(13-15)24-3)14-21-19(23)17-11-6-7-12-20-17/h6-13,18H,4-5,14H2,1-3H3,(H,21,23). The summed E-state index contributed by atoms with van der Waals surface area (Å²) in [5.41, 5.74) is 1.56. The molecular weight excluding hydrogens is 302 g/mol. The Bertz CT molecular complexity index is 642. The number of carbonyl (C=O) groups excluding carboxylic acids is 1. The monoisotopic (exact) mass is 327 g/mol. The number of carbonyl (C=O) groups is 1. The maximum atomic E-state index is 12.3. The molecule has 0 aliphatic heterocycles. The van der Waals surface area contributed by atoms with Crippen molar-refractivity contribution in [3.63, 3.8) is 0 Å². The first-order valence-electron chi connectivity index (χ1n) is 8.26. The van der Waals surface area contributed by atoms with E-state index in [0.717, 1.165) is 24.4 Å². The largest absolute Gasteiger partial charge is 0.497 e. The van der Waals surface area contributed by atoms with Crippen molar-refractivity contribution in [1.82, 2.24) is 15.2 Å². The van der Waals surface area contributed by atoms with Gasteiger partial charge in [-0.25, -0.2) is 0 Å². The van der Waals surface area contributed by atoms with E-state index < -0.39 is 0 Å². The van der Waals surface area contributed by atoms with Gasteiger partial charge in [-0.3, -0.25) is 14.7 Å². The lowest BCUT2D eigenvalue weighted by atomic mass is 10.0. The van der Waals surface area contributed by atoms with Crippen LogP contribution in [0.25, 0.3) is 0 Å². The zero-order valence-corrected chi connectivity index (χ0v) is 14.5. The summed E-state index contributed by atoms with van der Waals surface area (Å²) in [5, 5.41) is 3.00. The number of hydrogen-bond acceptors (Lipinski definition) is 4. The highest BCUT2D eigenvalue weighted by Gasteiger charge is 2.20. The molecule has 2 rings (SSSR count). The summed E-state index contributed by atoms with van der Waals surface area (Å²) in [7, 11) is 1.66. The average molecular weight is 327 g/mol. The summed E-state index contributed by atoms with van der Waals surface area (Å²) >= 11 is 0. The molecule has 5 heteroatoms. The van der Waals surface area contributed by atoms with E-state index in [-0.39, 0.29) is 11.9 Å². The van der Waals surface area contributed by atoms with Gasteiger partial charge in [0.25, 0.3) is 5.91 Å². The summed E-state index contributed by atoms with van der Waals surface area (Å²) in [6.07, 6.45) is 1.62. The second-order valence-electron chi connectivity index (χ2n) is 5.44. The van der Waals surface area contributed by atoms with E-state index in [9.17, 15) is 4.79 Å². The Hall–Kier alpha value is -2.40. The quantitative estimate of drug-likeness (QED) is 0.810. The third-order valence-electron chi connectivity index (χ3n) is 4.09. The first-order chi connectivity index (χ1) is 11.7. The predicted octanol–water partition coefficient (Wildman–Crippen LogP) is 2.90. The van der Waals surface area contributed by atoms with Crippen molar-refractivity contribution >= 4 is 5.91 Å². The Kier molecular flexibility index (Phi) is 6.75. The molecule has 1 unspecified atom stereocenters. The van der Waals surface area contributed by atoms with Crippen LogP contribution in [0.2, 0.25) is 0 Å². The number of rotatable bonds is 8. The van der Waals surface area contributed by atoms with Crippen molar-refractivity contribution in [3.05, 3.63) is 59.9 Å². The lowest BCUT2D eigenvalue weighted by molar-refractivity contribution is 0.0930. The van der Waals surface area contributed by atoms with Gasteiger partial charge >= 0.3 is 0 Å². The van der Waals surface area contributed by atoms with E-state index in [4.69, 9.17) is 4.74 Å². The molecule has 1 atom stereocenters. The molecule has 0 bridgehead atoms. The van der Waals surface area contributed by atoms with Gasteiger partial charge in [0.05, 0.1) is 13.2 Å². The lowest BCUT2D eigenvalue weighted by Gasteiger charge is -2.30. The minimum atomic E-state index is -0.157. The molecule has 0 aliphatic rings. The first kappa shape index (κ1) is 17.9. The number of hydrogen-bond donors (Lipinski definition) is 1. The molecule has 128 valence electrons. The maximum absolute atomic E-state index is 12.3. The van der Waals surface area contributed by atoms with Crippen LogP contribution in [0.5, 0.6) is 5.75 Å². The Morgan fingerprint density at radius 1 is 1.21 bits per heavy atom. The molecule has 1 aromatic carbocycles. The van der Waals surface area contributed by atoms with Gasteiger partial charge in [0.2, 0.25) is 0 Å². The maximum Gasteiger partial charge on any atom is 0.269 e. The molecule has 0 spiro atoms. The molecule has 0 fully saturated rings. The Morgan fingerprint density at radius 3 is 2.62 bits per heavy atom. The van der Waals surface area contributed by atoms with Crippen LogP contribution in [0.4, 0.5) is 0 Å². The Labute approximate surface area is 143 Å². The number of ether oxygens (including phenoxy) is 1. The molecule has 1 heterocycles. The van der Waals surface area contributed by atoms with E-state index in [1.807, 2.05) is 24.3 Å². The van der Waals surface area contributed by atoms with Crippen molar-refractivity contribution in [2.75, 3.05) is 26.7 Å². The SMILES string of the molecule is CCN(CC)C(CNC(=O)c1ccccn1)c1cccc(OC)c1. The van der Waals surface area contributed by atoms with Crippen LogP contribution < -0.4 is 10.1 Å². The fourth-order valence-corrected chi connectivity index (χ4v) is 2.75. The molecular formula is C19H25N3O2. The average Bonchev–Trinajstić information content (AvgIpc) is 2.65. The van der Waals surface area contributed by atoms with Crippen LogP contribution in [0.15, 0.2) is 48.7 Å². The Morgan fingerprint density at radius 2 is 2.00 bits per heavy atom. The van der Waals surface area contributed by atoms with E-state index >= 15 is 0 Å². The number of methoxy groups -OCH3 is 1. The zero-order chi connectivity index (χ0) is 17.4. The van der Waals surface area contributed by atoms with Crippen LogP contribution in [-0.4, -0.2) is 42.5 Å². The van der Waals surface area contributed by atoms with Crippen molar-refractivity contribution < 1.29 is 9.53 Å². The highest BCUT2D eigenvalue weighted by Crippen LogP contribution is 2.23. The van der Waals surface area contributed by atoms with Crippen LogP contribution >= 0.6 is 0 Å². The topological polar surface area (TPSA) is 54.5 Å². The fraction of sp³-hybridized carbons (Fsp3) is 0.368. The molecule has 1 aromatic heterocycles. The van der Waals surface area contributed by atoms with Gasteiger partial charge in [-0.05, 0) is 42.9 Å². The van der Waals surface area contributed by atoms with Gasteiger partial charge in [-0.1, -0.05) is 32.0 Å². The summed E-state index contributed by atoms with van der Waals surface area (Å²) < 4.78 is 5.33. The first-order valence-corrected chi connectivity index (χ1v) is 8.26. The van der Waals surface area contributed by atoms with E-state index in [1.165, 1.54) is 0 Å². The number of likely N-dealkylation sites (N-methyl/N-ethyl adjacent to an activating group) is 1. The lowest BCUT2D eigenvalue weighted by Crippen LogP contribution is -2.38. The smallest absolute Gasteiger partial charge is 0.269 e. The molecule has 0 saturated heterocycles. The number of amides is 1. The second-order valence-corrected chi connectivity index (χ2v) is 5.44. The van der Waals surface area contributed by atoms with E-state index in [0.29, 0.717) is 12.2 Å². The number of pyridine rings is 1. The normalized spacial score (nSPS) is 12.0. The molecule has 5 nitrogen and oxygen atoms in total. The van der Waals surface area contributed by atoms with Crippen molar-refractivity contribution in [1.29, 1.82) is 0 Å². The second kappa shape index (κ2) is 9.03. The van der Waals surface area contributed by atoms with Crippen molar-refractivity contribution in [2.45, 2.75) is 19.9 Å². The summed E-state index contributed by atoms with van der Waals surface area (Å²) in [4.78, 5) is 18.7. The van der Waals surface area contributed by atoms with Crippen LogP contribution in [-0.2, 0) is 0 Å². The molecule has 0 saturated carbocycles. The zero-order valence-electron chi connectivity index (χ0n) is 14.5. The summed E-state index contributed by atoms with van der Waals surface area (Å²) in [5.74, 6) is 0.663. The highest BCUT2D eigenvalue weighted by atomic mass is 16.5. The van der Waals surface area contributed by atoms with Crippen molar-refractivity contribution in [3.8, 4) is 5.75 Å². The number of nitrogens with one attached hydrogen (secondary N) is 1. The van der Waals surface area contributed by atoms with Gasteiger partial charge in [0, 0.05) is 12.7 Å². The minimum Gasteiger partial charge on any atom is -0.497 e. The van der Waals surface area contributed by atoms with Gasteiger partial charge in [0.1, 0.15) is 11.4 Å². The molecule has 0 aliphatic carbocycles. The summed E-state index contributed by atoms with van der Waals surface area (Å²) in [6, 6.07) is 13.4. The summed E-state index contributed by atoms with van der Waals surface area (Å²) in [6.45, 7) is 6.56. The number of aromatic nitrogens is 1. The predicted molar refractivity (Wildman–Crippen MR) is 95.2 cm³/mol. The number of nitrogens with zero attached hydrogens (tertiary/aromatic N) is 2. The van der Waals surface area contributed by atoms with Crippen molar-refractivity contribution in [2.24, 2.45) is 0 Å². The molecule has 24 heavy (non-hydrogen) atoms. The van der Waals surface area contributed by atoms with Crippen LogP contribution in [0.1, 0.15) is 35.9 Å². The van der Waals surface area contributed by atoms with Crippen LogP contribution in [0.3, 0.4) is 0 Å². The third kappa shape index (κ3) is 4.55. The van der Waals surface area contributed by atoms with E-state index in [1.54, 1.807) is 25.4 Å². The van der Waals surface area contributed by atoms with Gasteiger partial charge < -0.3 is 10.1 Å². The third-order valence-corrected chi connectivity index (χ3v) is 4.09. The van der Waals surface area contributed by atoms with E-state index in [2.05, 4.69) is 35.1 Å². The molecule has 1 amide bonds. The fourth-order valence-electron chi connectivity index (χ4n) is 2.75. The van der Waals surface area contributed by atoms with Gasteiger partial charge in [-0.15, -0.1) is 0 Å². The highest BCUT2D eigenvalue weighted by molar-refractivity contribution is 5.92. The number of benzene rings is 1. The van der Waals surface area contributed by atoms with Crippen LogP contribution in [0, 0.1) is 0 Å². The minimum absolute atomic E-state index is 0.0859. The molecule has 0 radical (unpaired) electrons. The Balaban J connectivity index is 2.16.